The van der Waals surface area contributed by atoms with Crippen LogP contribution in [0.25, 0.3) is 0 Å². The maximum atomic E-state index is 6.11. The number of halogens is 1. The fourth-order valence-electron chi connectivity index (χ4n) is 2.47. The van der Waals surface area contributed by atoms with Gasteiger partial charge in [0.05, 0.1) is 23.8 Å². The maximum Gasteiger partial charge on any atom is 0.137 e. The van der Waals surface area contributed by atoms with Crippen LogP contribution in [0, 0.1) is 0 Å². The molecule has 0 fully saturated rings. The smallest absolute Gasteiger partial charge is 0.137 e. The van der Waals surface area contributed by atoms with E-state index in [2.05, 4.69) is 26.1 Å². The summed E-state index contributed by atoms with van der Waals surface area (Å²) in [6.45, 7) is 9.98. The Kier molecular flexibility index (Phi) is 6.80. The van der Waals surface area contributed by atoms with Gasteiger partial charge in [0.1, 0.15) is 5.75 Å². The molecule has 0 amide bonds. The molecular weight excluding hydrogens is 274 g/mol. The summed E-state index contributed by atoms with van der Waals surface area (Å²) < 4.78 is 11.3. The van der Waals surface area contributed by atoms with E-state index in [1.165, 1.54) is 0 Å². The van der Waals surface area contributed by atoms with E-state index in [0.717, 1.165) is 18.5 Å². The van der Waals surface area contributed by atoms with Crippen molar-refractivity contribution >= 4 is 11.6 Å². The van der Waals surface area contributed by atoms with Crippen LogP contribution < -0.4 is 10.1 Å². The Labute approximate surface area is 127 Å². The number of hydrogen-bond donors (Lipinski definition) is 1. The second-order valence-electron chi connectivity index (χ2n) is 4.98. The Bertz CT molecular complexity index is 425. The van der Waals surface area contributed by atoms with Crippen LogP contribution in [0.1, 0.15) is 45.7 Å². The molecule has 114 valence electrons. The molecule has 0 aromatic heterocycles. The van der Waals surface area contributed by atoms with Crippen molar-refractivity contribution in [3.8, 4) is 5.75 Å². The lowest BCUT2D eigenvalue weighted by Gasteiger charge is -2.37. The van der Waals surface area contributed by atoms with Crippen LogP contribution in [-0.2, 0) is 4.74 Å². The third-order valence-corrected chi connectivity index (χ3v) is 4.02. The van der Waals surface area contributed by atoms with Crippen molar-refractivity contribution in [1.82, 2.24) is 5.32 Å². The highest BCUT2D eigenvalue weighted by Crippen LogP contribution is 2.35. The van der Waals surface area contributed by atoms with Gasteiger partial charge in [-0.25, -0.2) is 0 Å². The SMILES string of the molecule is CCNC(c1ccc(Cl)c(OC)c1)C(C)(CC)OCC. The third kappa shape index (κ3) is 3.87. The summed E-state index contributed by atoms with van der Waals surface area (Å²) in [6.07, 6.45) is 0.920. The van der Waals surface area contributed by atoms with Crippen molar-refractivity contribution in [1.29, 1.82) is 0 Å². The van der Waals surface area contributed by atoms with Crippen molar-refractivity contribution in [2.24, 2.45) is 0 Å². The first-order valence-electron chi connectivity index (χ1n) is 7.23. The molecule has 0 aliphatic rings. The second-order valence-corrected chi connectivity index (χ2v) is 5.39. The Morgan fingerprint density at radius 1 is 1.30 bits per heavy atom. The first kappa shape index (κ1) is 17.3. The van der Waals surface area contributed by atoms with Crippen LogP contribution in [0.15, 0.2) is 18.2 Å². The van der Waals surface area contributed by atoms with Crippen LogP contribution in [0.4, 0.5) is 0 Å². The largest absolute Gasteiger partial charge is 0.495 e. The molecule has 2 atom stereocenters. The summed E-state index contributed by atoms with van der Waals surface area (Å²) in [7, 11) is 1.63. The number of rotatable bonds is 8. The number of hydrogen-bond acceptors (Lipinski definition) is 3. The van der Waals surface area contributed by atoms with Gasteiger partial charge in [-0.15, -0.1) is 0 Å². The molecule has 20 heavy (non-hydrogen) atoms. The van der Waals surface area contributed by atoms with Gasteiger partial charge in [-0.3, -0.25) is 0 Å². The molecule has 4 heteroatoms. The van der Waals surface area contributed by atoms with Crippen molar-refractivity contribution in [3.05, 3.63) is 28.8 Å². The van der Waals surface area contributed by atoms with Gasteiger partial charge < -0.3 is 14.8 Å². The molecule has 0 heterocycles. The summed E-state index contributed by atoms with van der Waals surface area (Å²) in [5, 5.41) is 4.15. The third-order valence-electron chi connectivity index (χ3n) is 3.70. The molecule has 3 nitrogen and oxygen atoms in total. The minimum atomic E-state index is -0.260. The first-order valence-corrected chi connectivity index (χ1v) is 7.60. The second kappa shape index (κ2) is 7.87. The standard InChI is InChI=1S/C16H26ClNO2/c1-6-16(4,20-8-3)15(18-7-2)12-9-10-13(17)14(11-12)19-5/h9-11,15,18H,6-8H2,1-5H3. The van der Waals surface area contributed by atoms with E-state index in [9.17, 15) is 0 Å². The van der Waals surface area contributed by atoms with Gasteiger partial charge in [-0.1, -0.05) is 31.5 Å². The quantitative estimate of drug-likeness (QED) is 0.780. The van der Waals surface area contributed by atoms with Crippen LogP contribution in [-0.4, -0.2) is 25.9 Å². The predicted molar refractivity (Wildman–Crippen MR) is 84.7 cm³/mol. The highest BCUT2D eigenvalue weighted by Gasteiger charge is 2.34. The maximum absolute atomic E-state index is 6.11. The molecule has 1 rings (SSSR count). The minimum Gasteiger partial charge on any atom is -0.495 e. The average Bonchev–Trinajstić information content (AvgIpc) is 2.45. The van der Waals surface area contributed by atoms with E-state index in [1.807, 2.05) is 25.1 Å². The molecule has 1 N–H and O–H groups in total. The van der Waals surface area contributed by atoms with Gasteiger partial charge in [0.25, 0.3) is 0 Å². The number of benzene rings is 1. The molecule has 2 unspecified atom stereocenters. The highest BCUT2D eigenvalue weighted by atomic mass is 35.5. The summed E-state index contributed by atoms with van der Waals surface area (Å²) in [6, 6.07) is 6.00. The molecular formula is C16H26ClNO2. The molecule has 0 aliphatic heterocycles. The molecule has 0 spiro atoms. The molecule has 0 saturated carbocycles. The Balaban J connectivity index is 3.18. The number of ether oxygens (including phenoxy) is 2. The summed E-state index contributed by atoms with van der Waals surface area (Å²) >= 11 is 6.11. The van der Waals surface area contributed by atoms with Gasteiger partial charge in [0.2, 0.25) is 0 Å². The monoisotopic (exact) mass is 299 g/mol. The Morgan fingerprint density at radius 3 is 2.50 bits per heavy atom. The summed E-state index contributed by atoms with van der Waals surface area (Å²) in [5.74, 6) is 0.696. The minimum absolute atomic E-state index is 0.101. The van der Waals surface area contributed by atoms with E-state index < -0.39 is 0 Å². The first-order chi connectivity index (χ1) is 9.52. The lowest BCUT2D eigenvalue weighted by Crippen LogP contribution is -2.43. The molecule has 1 aromatic carbocycles. The zero-order valence-electron chi connectivity index (χ0n) is 13.1. The van der Waals surface area contributed by atoms with Crippen molar-refractivity contribution < 1.29 is 9.47 Å². The average molecular weight is 300 g/mol. The molecule has 0 saturated heterocycles. The van der Waals surface area contributed by atoms with E-state index in [-0.39, 0.29) is 11.6 Å². The summed E-state index contributed by atoms with van der Waals surface area (Å²) in [4.78, 5) is 0. The van der Waals surface area contributed by atoms with Gasteiger partial charge >= 0.3 is 0 Å². The molecule has 0 bridgehead atoms. The fraction of sp³-hybridized carbons (Fsp3) is 0.625. The van der Waals surface area contributed by atoms with Crippen LogP contribution >= 0.6 is 11.6 Å². The van der Waals surface area contributed by atoms with Gasteiger partial charge in [-0.2, -0.15) is 0 Å². The highest BCUT2D eigenvalue weighted by molar-refractivity contribution is 6.32. The topological polar surface area (TPSA) is 30.5 Å². The van der Waals surface area contributed by atoms with E-state index >= 15 is 0 Å². The van der Waals surface area contributed by atoms with Gasteiger partial charge in [-0.05, 0) is 44.5 Å². The number of methoxy groups -OCH3 is 1. The van der Waals surface area contributed by atoms with Gasteiger partial charge in [0.15, 0.2) is 0 Å². The predicted octanol–water partition coefficient (Wildman–Crippen LogP) is 4.20. The number of nitrogens with one attached hydrogen (secondary N) is 1. The van der Waals surface area contributed by atoms with Crippen LogP contribution in [0.3, 0.4) is 0 Å². The molecule has 0 aliphatic carbocycles. The number of likely N-dealkylation sites (N-methyl/N-ethyl adjacent to an activating group) is 1. The lowest BCUT2D eigenvalue weighted by atomic mass is 9.87. The van der Waals surface area contributed by atoms with Crippen LogP contribution in [0.2, 0.25) is 5.02 Å². The van der Waals surface area contributed by atoms with E-state index in [0.29, 0.717) is 17.4 Å². The zero-order chi connectivity index (χ0) is 15.2. The van der Waals surface area contributed by atoms with Crippen molar-refractivity contribution in [2.75, 3.05) is 20.3 Å². The van der Waals surface area contributed by atoms with Crippen molar-refractivity contribution in [2.45, 2.75) is 45.8 Å². The zero-order valence-corrected chi connectivity index (χ0v) is 13.9. The molecule has 0 radical (unpaired) electrons. The van der Waals surface area contributed by atoms with Gasteiger partial charge in [0, 0.05) is 6.61 Å². The van der Waals surface area contributed by atoms with Crippen molar-refractivity contribution in [3.63, 3.8) is 0 Å². The Morgan fingerprint density at radius 2 is 2.00 bits per heavy atom. The van der Waals surface area contributed by atoms with E-state index in [4.69, 9.17) is 21.1 Å². The summed E-state index contributed by atoms with van der Waals surface area (Å²) in [5.41, 5.74) is 0.870. The lowest BCUT2D eigenvalue weighted by molar-refractivity contribution is -0.0560. The van der Waals surface area contributed by atoms with Crippen LogP contribution in [0.5, 0.6) is 5.75 Å². The van der Waals surface area contributed by atoms with E-state index in [1.54, 1.807) is 7.11 Å². The normalized spacial score (nSPS) is 15.7. The fourth-order valence-corrected chi connectivity index (χ4v) is 2.66. The Hall–Kier alpha value is -0.770. The molecule has 1 aromatic rings.